The quantitative estimate of drug-likeness (QED) is 0.760. The molecule has 1 rings (SSSR count). The SMILES string of the molecule is CC(C)(C)CS(=O)(=O)NC1(CCl)CC1. The first kappa shape index (κ1) is 12.3. The second kappa shape index (κ2) is 3.65. The zero-order valence-electron chi connectivity index (χ0n) is 8.93. The van der Waals surface area contributed by atoms with Crippen LogP contribution < -0.4 is 4.72 Å². The van der Waals surface area contributed by atoms with Crippen molar-refractivity contribution in [2.45, 2.75) is 39.2 Å². The average molecular weight is 240 g/mol. The number of alkyl halides is 1. The van der Waals surface area contributed by atoms with E-state index in [1.807, 2.05) is 20.8 Å². The molecule has 0 bridgehead atoms. The van der Waals surface area contributed by atoms with E-state index in [4.69, 9.17) is 11.6 Å². The average Bonchev–Trinajstić information content (AvgIpc) is 2.62. The number of sulfonamides is 1. The van der Waals surface area contributed by atoms with Crippen LogP contribution in [-0.2, 0) is 10.0 Å². The molecule has 0 aromatic rings. The number of hydrogen-bond acceptors (Lipinski definition) is 2. The van der Waals surface area contributed by atoms with Crippen LogP contribution in [0.2, 0.25) is 0 Å². The molecule has 1 aliphatic carbocycles. The summed E-state index contributed by atoms with van der Waals surface area (Å²) in [5.74, 6) is 0.523. The van der Waals surface area contributed by atoms with Crippen molar-refractivity contribution in [1.29, 1.82) is 0 Å². The van der Waals surface area contributed by atoms with Crippen molar-refractivity contribution in [3.8, 4) is 0 Å². The normalized spacial score (nSPS) is 20.9. The molecule has 0 aromatic heterocycles. The van der Waals surface area contributed by atoms with Crippen molar-refractivity contribution in [2.75, 3.05) is 11.6 Å². The Kier molecular flexibility index (Phi) is 3.20. The van der Waals surface area contributed by atoms with Crippen molar-refractivity contribution in [3.05, 3.63) is 0 Å². The molecular weight excluding hydrogens is 222 g/mol. The minimum atomic E-state index is -3.18. The Morgan fingerprint density at radius 2 is 1.86 bits per heavy atom. The van der Waals surface area contributed by atoms with Crippen LogP contribution >= 0.6 is 11.6 Å². The van der Waals surface area contributed by atoms with Crippen LogP contribution in [-0.4, -0.2) is 25.6 Å². The van der Waals surface area contributed by atoms with Crippen molar-refractivity contribution < 1.29 is 8.42 Å². The van der Waals surface area contributed by atoms with Gasteiger partial charge < -0.3 is 0 Å². The Morgan fingerprint density at radius 1 is 1.36 bits per heavy atom. The van der Waals surface area contributed by atoms with Gasteiger partial charge in [0.05, 0.1) is 5.75 Å². The summed E-state index contributed by atoms with van der Waals surface area (Å²) in [6, 6.07) is 0. The topological polar surface area (TPSA) is 46.2 Å². The predicted octanol–water partition coefficient (Wildman–Crippen LogP) is 1.72. The highest BCUT2D eigenvalue weighted by molar-refractivity contribution is 7.89. The van der Waals surface area contributed by atoms with Crippen LogP contribution in [0.1, 0.15) is 33.6 Å². The molecule has 5 heteroatoms. The lowest BCUT2D eigenvalue weighted by Gasteiger charge is -2.21. The van der Waals surface area contributed by atoms with E-state index in [2.05, 4.69) is 4.72 Å². The molecule has 0 atom stereocenters. The summed E-state index contributed by atoms with van der Waals surface area (Å²) in [6.45, 7) is 5.73. The molecular formula is C9H18ClNO2S. The van der Waals surface area contributed by atoms with E-state index in [0.717, 1.165) is 12.8 Å². The third kappa shape index (κ3) is 3.75. The van der Waals surface area contributed by atoms with Gasteiger partial charge in [-0.1, -0.05) is 20.8 Å². The maximum absolute atomic E-state index is 11.7. The molecule has 0 saturated heterocycles. The van der Waals surface area contributed by atoms with Crippen molar-refractivity contribution in [3.63, 3.8) is 0 Å². The van der Waals surface area contributed by atoms with Crippen molar-refractivity contribution in [1.82, 2.24) is 4.72 Å². The number of nitrogens with one attached hydrogen (secondary N) is 1. The molecule has 3 nitrogen and oxygen atoms in total. The number of hydrogen-bond donors (Lipinski definition) is 1. The highest BCUT2D eigenvalue weighted by Crippen LogP contribution is 2.37. The van der Waals surface area contributed by atoms with Crippen molar-refractivity contribution in [2.24, 2.45) is 5.41 Å². The number of halogens is 1. The van der Waals surface area contributed by atoms with E-state index in [1.165, 1.54) is 0 Å². The lowest BCUT2D eigenvalue weighted by Crippen LogP contribution is -2.42. The minimum Gasteiger partial charge on any atom is -0.212 e. The van der Waals surface area contributed by atoms with Crippen LogP contribution in [0.25, 0.3) is 0 Å². The van der Waals surface area contributed by atoms with Crippen LogP contribution in [0.15, 0.2) is 0 Å². The van der Waals surface area contributed by atoms with Crippen LogP contribution in [0, 0.1) is 5.41 Å². The molecule has 1 aliphatic rings. The standard InChI is InChI=1S/C9H18ClNO2S/c1-8(2,3)7-14(12,13)11-9(6-10)4-5-9/h11H,4-7H2,1-3H3. The summed E-state index contributed by atoms with van der Waals surface area (Å²) in [7, 11) is -3.18. The fraction of sp³-hybridized carbons (Fsp3) is 1.00. The van der Waals surface area contributed by atoms with Gasteiger partial charge in [-0.3, -0.25) is 0 Å². The van der Waals surface area contributed by atoms with Gasteiger partial charge in [-0.2, -0.15) is 0 Å². The van der Waals surface area contributed by atoms with Crippen molar-refractivity contribution >= 4 is 21.6 Å². The number of rotatable bonds is 4. The largest absolute Gasteiger partial charge is 0.212 e. The van der Waals surface area contributed by atoms with Gasteiger partial charge in [0.2, 0.25) is 10.0 Å². The summed E-state index contributed by atoms with van der Waals surface area (Å²) in [6.07, 6.45) is 1.72. The molecule has 84 valence electrons. The molecule has 0 unspecified atom stereocenters. The van der Waals surface area contributed by atoms with E-state index < -0.39 is 10.0 Å². The zero-order chi connectivity index (χ0) is 11.0. The van der Waals surface area contributed by atoms with Gasteiger partial charge >= 0.3 is 0 Å². The molecule has 0 amide bonds. The Balaban J connectivity index is 2.59. The first-order chi connectivity index (χ1) is 6.18. The van der Waals surface area contributed by atoms with Gasteiger partial charge in [-0.25, -0.2) is 13.1 Å². The predicted molar refractivity (Wildman–Crippen MR) is 59.1 cm³/mol. The summed E-state index contributed by atoms with van der Waals surface area (Å²) < 4.78 is 26.1. The first-order valence-electron chi connectivity index (χ1n) is 4.76. The zero-order valence-corrected chi connectivity index (χ0v) is 10.5. The van der Waals surface area contributed by atoms with Gasteiger partial charge in [0, 0.05) is 11.4 Å². The van der Waals surface area contributed by atoms with Gasteiger partial charge in [0.15, 0.2) is 0 Å². The smallest absolute Gasteiger partial charge is 0.212 e. The maximum Gasteiger partial charge on any atom is 0.212 e. The highest BCUT2D eigenvalue weighted by Gasteiger charge is 2.45. The van der Waals surface area contributed by atoms with Crippen LogP contribution in [0.4, 0.5) is 0 Å². The Hall–Kier alpha value is 0.200. The summed E-state index contributed by atoms with van der Waals surface area (Å²) in [5.41, 5.74) is -0.542. The lowest BCUT2D eigenvalue weighted by molar-refractivity contribution is 0.454. The van der Waals surface area contributed by atoms with Gasteiger partial charge in [0.1, 0.15) is 0 Å². The monoisotopic (exact) mass is 239 g/mol. The molecule has 0 spiro atoms. The third-order valence-electron chi connectivity index (χ3n) is 2.10. The molecule has 1 fully saturated rings. The molecule has 14 heavy (non-hydrogen) atoms. The molecule has 0 heterocycles. The molecule has 1 N–H and O–H groups in total. The highest BCUT2D eigenvalue weighted by atomic mass is 35.5. The van der Waals surface area contributed by atoms with E-state index >= 15 is 0 Å². The van der Waals surface area contributed by atoms with E-state index in [1.54, 1.807) is 0 Å². The first-order valence-corrected chi connectivity index (χ1v) is 6.94. The minimum absolute atomic E-state index is 0.151. The van der Waals surface area contributed by atoms with Gasteiger partial charge in [-0.15, -0.1) is 11.6 Å². The van der Waals surface area contributed by atoms with Gasteiger partial charge in [-0.05, 0) is 18.3 Å². The summed E-state index contributed by atoms with van der Waals surface area (Å²) >= 11 is 5.71. The third-order valence-corrected chi connectivity index (χ3v) is 4.61. The Labute approximate surface area is 91.3 Å². The fourth-order valence-corrected chi connectivity index (χ4v) is 3.91. The van der Waals surface area contributed by atoms with E-state index in [9.17, 15) is 8.42 Å². The Morgan fingerprint density at radius 3 is 2.14 bits per heavy atom. The fourth-order valence-electron chi connectivity index (χ4n) is 1.35. The summed E-state index contributed by atoms with van der Waals surface area (Å²) in [5, 5.41) is 0. The van der Waals surface area contributed by atoms with Crippen LogP contribution in [0.5, 0.6) is 0 Å². The van der Waals surface area contributed by atoms with E-state index in [-0.39, 0.29) is 16.7 Å². The molecule has 1 saturated carbocycles. The Bertz CT molecular complexity index is 301. The molecule has 0 radical (unpaired) electrons. The second-order valence-corrected chi connectivity index (χ2v) is 7.33. The van der Waals surface area contributed by atoms with Crippen LogP contribution in [0.3, 0.4) is 0 Å². The van der Waals surface area contributed by atoms with E-state index in [0.29, 0.717) is 5.88 Å². The molecule has 0 aliphatic heterocycles. The lowest BCUT2D eigenvalue weighted by atomic mass is 10.0. The maximum atomic E-state index is 11.7. The summed E-state index contributed by atoms with van der Waals surface area (Å²) in [4.78, 5) is 0. The molecule has 0 aromatic carbocycles. The van der Waals surface area contributed by atoms with Gasteiger partial charge in [0.25, 0.3) is 0 Å². The second-order valence-electron chi connectivity index (χ2n) is 5.34.